The number of ether oxygens (including phenoxy) is 2. The Balaban J connectivity index is 0.00000261. The molecule has 27 heavy (non-hydrogen) atoms. The molecule has 1 aromatic carbocycles. The Morgan fingerprint density at radius 3 is 3.04 bits per heavy atom. The summed E-state index contributed by atoms with van der Waals surface area (Å²) in [5, 5.41) is 6.66. The monoisotopic (exact) mass is 411 g/mol. The fourth-order valence-electron chi connectivity index (χ4n) is 2.72. The van der Waals surface area contributed by atoms with E-state index >= 15 is 0 Å². The highest BCUT2D eigenvalue weighted by molar-refractivity contribution is 7.15. The third-order valence-corrected chi connectivity index (χ3v) is 4.87. The third kappa shape index (κ3) is 6.28. The van der Waals surface area contributed by atoms with Gasteiger partial charge in [-0.25, -0.2) is 9.78 Å². The van der Waals surface area contributed by atoms with Crippen molar-refractivity contribution in [2.75, 3.05) is 32.2 Å². The molecule has 9 heteroatoms. The molecular formula is C18H22ClN3O4S. The lowest BCUT2D eigenvalue weighted by Crippen LogP contribution is -2.43. The number of halogens is 1. The fraction of sp³-hybridized carbons (Fsp3) is 0.389. The van der Waals surface area contributed by atoms with Gasteiger partial charge in [0.25, 0.3) is 0 Å². The molecule has 1 amide bonds. The minimum atomic E-state index is -0.357. The number of carbonyl (C=O) groups is 2. The second kappa shape index (κ2) is 10.4. The Bertz CT molecular complexity index is 777. The number of benzene rings is 1. The first-order valence-corrected chi connectivity index (χ1v) is 9.18. The molecule has 0 bridgehead atoms. The van der Waals surface area contributed by atoms with Crippen molar-refractivity contribution < 1.29 is 19.1 Å². The lowest BCUT2D eigenvalue weighted by atomic mass is 10.1. The maximum atomic E-state index is 12.1. The summed E-state index contributed by atoms with van der Waals surface area (Å²) in [5.74, 6) is -0.439. The molecule has 2 N–H and O–H groups in total. The molecule has 1 fully saturated rings. The van der Waals surface area contributed by atoms with Gasteiger partial charge < -0.3 is 20.1 Å². The topological polar surface area (TPSA) is 89.5 Å². The van der Waals surface area contributed by atoms with Crippen molar-refractivity contribution in [2.24, 2.45) is 0 Å². The minimum Gasteiger partial charge on any atom is -0.465 e. The molecule has 1 aliphatic rings. The van der Waals surface area contributed by atoms with Crippen molar-refractivity contribution >= 4 is 40.8 Å². The van der Waals surface area contributed by atoms with Crippen molar-refractivity contribution in [1.29, 1.82) is 0 Å². The van der Waals surface area contributed by atoms with Crippen LogP contribution in [0.1, 0.15) is 27.2 Å². The maximum Gasteiger partial charge on any atom is 0.337 e. The van der Waals surface area contributed by atoms with Crippen molar-refractivity contribution in [1.82, 2.24) is 10.3 Å². The summed E-state index contributed by atoms with van der Waals surface area (Å²) in [7, 11) is 1.36. The first-order chi connectivity index (χ1) is 12.6. The van der Waals surface area contributed by atoms with Crippen LogP contribution in [0.3, 0.4) is 0 Å². The number of amides is 1. The molecule has 1 atom stereocenters. The first-order valence-electron chi connectivity index (χ1n) is 8.37. The Kier molecular flexibility index (Phi) is 8.18. The highest BCUT2D eigenvalue weighted by Gasteiger charge is 2.17. The molecule has 1 aliphatic heterocycles. The predicted octanol–water partition coefficient (Wildman–Crippen LogP) is 2.26. The van der Waals surface area contributed by atoms with E-state index in [1.165, 1.54) is 18.4 Å². The molecule has 2 heterocycles. The van der Waals surface area contributed by atoms with E-state index < -0.39 is 0 Å². The van der Waals surface area contributed by atoms with Gasteiger partial charge in [-0.05, 0) is 17.7 Å². The molecular weight excluding hydrogens is 390 g/mol. The average Bonchev–Trinajstić information content (AvgIpc) is 3.08. The van der Waals surface area contributed by atoms with Crippen molar-refractivity contribution in [2.45, 2.75) is 18.9 Å². The number of hydrogen-bond donors (Lipinski definition) is 2. The van der Waals surface area contributed by atoms with Crippen LogP contribution < -0.4 is 10.6 Å². The lowest BCUT2D eigenvalue weighted by molar-refractivity contribution is -0.117. The van der Waals surface area contributed by atoms with Gasteiger partial charge in [-0.2, -0.15) is 0 Å². The van der Waals surface area contributed by atoms with E-state index in [4.69, 9.17) is 9.47 Å². The van der Waals surface area contributed by atoms with E-state index in [-0.39, 0.29) is 30.3 Å². The van der Waals surface area contributed by atoms with Crippen LogP contribution in [0.4, 0.5) is 5.13 Å². The van der Waals surface area contributed by atoms with E-state index in [1.54, 1.807) is 18.3 Å². The van der Waals surface area contributed by atoms with E-state index in [2.05, 4.69) is 15.6 Å². The Labute approximate surface area is 167 Å². The largest absolute Gasteiger partial charge is 0.465 e. The van der Waals surface area contributed by atoms with Gasteiger partial charge in [0.2, 0.25) is 5.91 Å². The number of nitrogens with one attached hydrogen (secondary N) is 2. The standard InChI is InChI=1S/C18H21N3O4S.ClH/c1-24-17(23)13-4-2-3-12(7-13)8-15-10-20-18(26-15)21-16(22)9-14-11-25-6-5-19-14;/h2-4,7,10,14,19H,5-6,8-9,11H2,1H3,(H,20,21,22);1H. The van der Waals surface area contributed by atoms with Gasteiger partial charge >= 0.3 is 5.97 Å². The molecule has 0 aliphatic carbocycles. The van der Waals surface area contributed by atoms with Gasteiger partial charge in [-0.3, -0.25) is 4.79 Å². The molecule has 0 spiro atoms. The summed E-state index contributed by atoms with van der Waals surface area (Å²) in [6.07, 6.45) is 2.74. The second-order valence-electron chi connectivity index (χ2n) is 5.98. The van der Waals surface area contributed by atoms with Crippen LogP contribution in [0.25, 0.3) is 0 Å². The summed E-state index contributed by atoms with van der Waals surface area (Å²) in [4.78, 5) is 29.0. The quantitative estimate of drug-likeness (QED) is 0.709. The number of nitrogens with zero attached hydrogens (tertiary/aromatic N) is 1. The molecule has 2 aromatic rings. The maximum absolute atomic E-state index is 12.1. The van der Waals surface area contributed by atoms with Gasteiger partial charge in [0.1, 0.15) is 0 Å². The Morgan fingerprint density at radius 1 is 1.44 bits per heavy atom. The number of esters is 1. The zero-order valence-corrected chi connectivity index (χ0v) is 16.5. The number of carbonyl (C=O) groups excluding carboxylic acids is 2. The van der Waals surface area contributed by atoms with Crippen LogP contribution in [0.2, 0.25) is 0 Å². The molecule has 1 aromatic heterocycles. The van der Waals surface area contributed by atoms with Crippen LogP contribution in [-0.4, -0.2) is 49.8 Å². The number of aromatic nitrogens is 1. The molecule has 146 valence electrons. The molecule has 1 saturated heterocycles. The van der Waals surface area contributed by atoms with Crippen LogP contribution in [-0.2, 0) is 20.7 Å². The van der Waals surface area contributed by atoms with E-state index in [9.17, 15) is 9.59 Å². The minimum absolute atomic E-state index is 0. The van der Waals surface area contributed by atoms with Crippen LogP contribution >= 0.6 is 23.7 Å². The SMILES string of the molecule is COC(=O)c1cccc(Cc2cnc(NC(=O)CC3COCCN3)s2)c1.Cl. The highest BCUT2D eigenvalue weighted by Crippen LogP contribution is 2.22. The number of rotatable bonds is 6. The molecule has 3 rings (SSSR count). The summed E-state index contributed by atoms with van der Waals surface area (Å²) in [5.41, 5.74) is 1.50. The summed E-state index contributed by atoms with van der Waals surface area (Å²) < 4.78 is 10.1. The molecule has 7 nitrogen and oxygen atoms in total. The molecule has 0 saturated carbocycles. The van der Waals surface area contributed by atoms with Crippen LogP contribution in [0, 0.1) is 0 Å². The van der Waals surface area contributed by atoms with Gasteiger partial charge in [0.15, 0.2) is 5.13 Å². The molecule has 0 radical (unpaired) electrons. The zero-order valence-electron chi connectivity index (χ0n) is 14.9. The van der Waals surface area contributed by atoms with Crippen molar-refractivity contribution in [3.05, 3.63) is 46.5 Å². The van der Waals surface area contributed by atoms with Gasteiger partial charge in [0.05, 0.1) is 25.9 Å². The number of hydrogen-bond acceptors (Lipinski definition) is 7. The number of anilines is 1. The van der Waals surface area contributed by atoms with E-state index in [1.807, 2.05) is 12.1 Å². The number of methoxy groups -OCH3 is 1. The number of morpholine rings is 1. The smallest absolute Gasteiger partial charge is 0.337 e. The normalized spacial score (nSPS) is 16.3. The lowest BCUT2D eigenvalue weighted by Gasteiger charge is -2.22. The third-order valence-electron chi connectivity index (χ3n) is 3.96. The summed E-state index contributed by atoms with van der Waals surface area (Å²) in [6.45, 7) is 2.00. The second-order valence-corrected chi connectivity index (χ2v) is 7.09. The average molecular weight is 412 g/mol. The first kappa shape index (κ1) is 21.3. The summed E-state index contributed by atoms with van der Waals surface area (Å²) in [6, 6.07) is 7.34. The Hall–Kier alpha value is -2.00. The van der Waals surface area contributed by atoms with E-state index in [0.29, 0.717) is 36.8 Å². The zero-order chi connectivity index (χ0) is 18.4. The van der Waals surface area contributed by atoms with Gasteiger partial charge in [-0.15, -0.1) is 23.7 Å². The van der Waals surface area contributed by atoms with Crippen LogP contribution in [0.5, 0.6) is 0 Å². The summed E-state index contributed by atoms with van der Waals surface area (Å²) >= 11 is 1.43. The fourth-order valence-corrected chi connectivity index (χ4v) is 3.58. The van der Waals surface area contributed by atoms with Crippen molar-refractivity contribution in [3.8, 4) is 0 Å². The predicted molar refractivity (Wildman–Crippen MR) is 106 cm³/mol. The molecule has 1 unspecified atom stereocenters. The van der Waals surface area contributed by atoms with E-state index in [0.717, 1.165) is 17.0 Å². The van der Waals surface area contributed by atoms with Gasteiger partial charge in [-0.1, -0.05) is 12.1 Å². The number of thiazole rings is 1. The Morgan fingerprint density at radius 2 is 2.30 bits per heavy atom. The highest BCUT2D eigenvalue weighted by atomic mass is 35.5. The van der Waals surface area contributed by atoms with Gasteiger partial charge in [0, 0.05) is 36.5 Å². The van der Waals surface area contributed by atoms with Crippen LogP contribution in [0.15, 0.2) is 30.5 Å². The van der Waals surface area contributed by atoms with Crippen molar-refractivity contribution in [3.63, 3.8) is 0 Å².